The van der Waals surface area contributed by atoms with E-state index in [9.17, 15) is 15.0 Å². The van der Waals surface area contributed by atoms with Crippen LogP contribution in [0.15, 0.2) is 42.6 Å². The van der Waals surface area contributed by atoms with E-state index in [4.69, 9.17) is 15.0 Å². The van der Waals surface area contributed by atoms with Crippen LogP contribution in [-0.4, -0.2) is 60.9 Å². The van der Waals surface area contributed by atoms with Crippen LogP contribution in [0.25, 0.3) is 20.8 Å². The van der Waals surface area contributed by atoms with E-state index >= 15 is 0 Å². The molecule has 3 heterocycles. The average Bonchev–Trinajstić information content (AvgIpc) is 3.90. The number of anilines is 3. The highest BCUT2D eigenvalue weighted by atomic mass is 32.1. The summed E-state index contributed by atoms with van der Waals surface area (Å²) in [6.45, 7) is 2.74. The maximum absolute atomic E-state index is 13.1. The number of nitrogens with one attached hydrogen (secondary N) is 3. The molecular formula is C30H33N7O3S. The summed E-state index contributed by atoms with van der Waals surface area (Å²) < 4.78 is 1.06. The van der Waals surface area contributed by atoms with Gasteiger partial charge in [0.2, 0.25) is 11.9 Å². The number of benzene rings is 1. The molecule has 4 unspecified atom stereocenters. The number of rotatable bonds is 9. The standard InChI is InChI=1S/C30H33N7O3S/c1-15-22(29-36-24-21(41-29)11-12-31-23(24)17-9-10-17)27(37-30(33-15)32-14-16-7-8-16)35-20-13-19(25(38)26(20)39)28(40)34-18-5-3-2-4-6-18/h2-6,11-12,16-17,19-20,25-26,38-39H,7-10,13-14H2,1H3,(H,34,40)(H2,32,33,35,37). The summed E-state index contributed by atoms with van der Waals surface area (Å²) >= 11 is 1.57. The number of amides is 1. The van der Waals surface area contributed by atoms with Crippen molar-refractivity contribution in [2.24, 2.45) is 11.8 Å². The molecule has 10 nitrogen and oxygen atoms in total. The Kier molecular flexibility index (Phi) is 6.80. The van der Waals surface area contributed by atoms with Gasteiger partial charge in [-0.05, 0) is 63.1 Å². The van der Waals surface area contributed by atoms with Gasteiger partial charge in [0, 0.05) is 24.3 Å². The number of fused-ring (bicyclic) bond motifs is 1. The Labute approximate surface area is 241 Å². The first-order chi connectivity index (χ1) is 19.9. The first-order valence-electron chi connectivity index (χ1n) is 14.3. The van der Waals surface area contributed by atoms with Gasteiger partial charge in [0.25, 0.3) is 0 Å². The SMILES string of the molecule is Cc1nc(NCC2CC2)nc(NC2CC(C(=O)Nc3ccccc3)C(O)C2O)c1-c1nc2c(C3CC3)nccc2s1. The summed E-state index contributed by atoms with van der Waals surface area (Å²) in [7, 11) is 0. The Hall–Kier alpha value is -3.67. The highest BCUT2D eigenvalue weighted by Crippen LogP contribution is 2.44. The van der Waals surface area contributed by atoms with E-state index < -0.39 is 24.2 Å². The Morgan fingerprint density at radius 1 is 1.02 bits per heavy atom. The van der Waals surface area contributed by atoms with Crippen LogP contribution in [-0.2, 0) is 4.79 Å². The molecule has 7 rings (SSSR count). The molecular weight excluding hydrogens is 538 g/mol. The smallest absolute Gasteiger partial charge is 0.230 e. The number of aromatic nitrogens is 4. The molecule has 41 heavy (non-hydrogen) atoms. The summed E-state index contributed by atoms with van der Waals surface area (Å²) in [5.74, 6) is 1.03. The molecule has 3 aliphatic carbocycles. The molecule has 3 fully saturated rings. The predicted octanol–water partition coefficient (Wildman–Crippen LogP) is 4.32. The molecule has 3 aliphatic rings. The summed E-state index contributed by atoms with van der Waals surface area (Å²) in [4.78, 5) is 32.3. The molecule has 0 aliphatic heterocycles. The number of hydrogen-bond donors (Lipinski definition) is 5. The van der Waals surface area contributed by atoms with Gasteiger partial charge in [-0.25, -0.2) is 9.97 Å². The van der Waals surface area contributed by atoms with Crippen LogP contribution < -0.4 is 16.0 Å². The fourth-order valence-electron chi connectivity index (χ4n) is 5.57. The van der Waals surface area contributed by atoms with Gasteiger partial charge in [0.1, 0.15) is 22.4 Å². The molecule has 3 aromatic heterocycles. The second-order valence-corrected chi connectivity index (χ2v) is 12.5. The topological polar surface area (TPSA) is 145 Å². The van der Waals surface area contributed by atoms with Crippen molar-refractivity contribution in [1.29, 1.82) is 0 Å². The van der Waals surface area contributed by atoms with Crippen molar-refractivity contribution in [3.8, 4) is 10.6 Å². The summed E-state index contributed by atoms with van der Waals surface area (Å²) in [6.07, 6.45) is 4.39. The molecule has 0 bridgehead atoms. The monoisotopic (exact) mass is 571 g/mol. The van der Waals surface area contributed by atoms with E-state index in [0.29, 0.717) is 29.3 Å². The van der Waals surface area contributed by atoms with Crippen molar-refractivity contribution >= 4 is 44.9 Å². The van der Waals surface area contributed by atoms with Crippen LogP contribution in [0.4, 0.5) is 17.5 Å². The van der Waals surface area contributed by atoms with Crippen molar-refractivity contribution in [3.05, 3.63) is 54.0 Å². The van der Waals surface area contributed by atoms with Crippen LogP contribution in [0.5, 0.6) is 0 Å². The van der Waals surface area contributed by atoms with E-state index in [1.807, 2.05) is 37.4 Å². The number of carbonyl (C=O) groups is 1. The lowest BCUT2D eigenvalue weighted by atomic mass is 10.0. The lowest BCUT2D eigenvalue weighted by molar-refractivity contribution is -0.123. The Balaban J connectivity index is 1.20. The van der Waals surface area contributed by atoms with Crippen LogP contribution >= 0.6 is 11.3 Å². The van der Waals surface area contributed by atoms with Crippen molar-refractivity contribution in [2.45, 2.75) is 63.2 Å². The molecule has 3 saturated carbocycles. The third-order valence-corrected chi connectivity index (χ3v) is 9.27. The molecule has 5 N–H and O–H groups in total. The van der Waals surface area contributed by atoms with Crippen molar-refractivity contribution in [1.82, 2.24) is 19.9 Å². The summed E-state index contributed by atoms with van der Waals surface area (Å²) in [5.41, 5.74) is 4.12. The van der Waals surface area contributed by atoms with Gasteiger partial charge >= 0.3 is 0 Å². The normalized spacial score (nSPS) is 24.0. The van der Waals surface area contributed by atoms with Gasteiger partial charge in [0.15, 0.2) is 0 Å². The van der Waals surface area contributed by atoms with Gasteiger partial charge in [0.05, 0.1) is 39.7 Å². The molecule has 212 valence electrons. The molecule has 0 saturated heterocycles. The summed E-state index contributed by atoms with van der Waals surface area (Å²) in [6, 6.07) is 10.5. The van der Waals surface area contributed by atoms with Gasteiger partial charge < -0.3 is 26.2 Å². The number of carbonyl (C=O) groups excluding carboxylic acids is 1. The first-order valence-corrected chi connectivity index (χ1v) is 15.1. The number of para-hydroxylation sites is 1. The minimum absolute atomic E-state index is 0.240. The molecule has 4 aromatic rings. The Morgan fingerprint density at radius 2 is 1.83 bits per heavy atom. The van der Waals surface area contributed by atoms with Crippen molar-refractivity contribution < 1.29 is 15.0 Å². The Morgan fingerprint density at radius 3 is 2.59 bits per heavy atom. The maximum atomic E-state index is 13.1. The van der Waals surface area contributed by atoms with Crippen molar-refractivity contribution in [2.75, 3.05) is 22.5 Å². The zero-order valence-corrected chi connectivity index (χ0v) is 23.6. The summed E-state index contributed by atoms with van der Waals surface area (Å²) in [5, 5.41) is 32.3. The van der Waals surface area contributed by atoms with Gasteiger partial charge in [-0.1, -0.05) is 18.2 Å². The van der Waals surface area contributed by atoms with Gasteiger partial charge in [-0.3, -0.25) is 9.78 Å². The van der Waals surface area contributed by atoms with Crippen LogP contribution in [0.3, 0.4) is 0 Å². The number of aliphatic hydroxyl groups is 2. The fourth-order valence-corrected chi connectivity index (χ4v) is 6.64. The van der Waals surface area contributed by atoms with E-state index in [2.05, 4.69) is 20.9 Å². The largest absolute Gasteiger partial charge is 0.390 e. The molecule has 0 radical (unpaired) electrons. The number of thiazole rings is 1. The molecule has 1 aromatic carbocycles. The minimum atomic E-state index is -1.22. The molecule has 11 heteroatoms. The molecule has 0 spiro atoms. The number of aryl methyl sites for hydroxylation is 1. The minimum Gasteiger partial charge on any atom is -0.390 e. The number of hydrogen-bond acceptors (Lipinski definition) is 10. The zero-order valence-electron chi connectivity index (χ0n) is 22.7. The third-order valence-electron chi connectivity index (χ3n) is 8.23. The highest BCUT2D eigenvalue weighted by Gasteiger charge is 2.45. The number of aliphatic hydroxyl groups excluding tert-OH is 2. The maximum Gasteiger partial charge on any atom is 0.230 e. The second kappa shape index (κ2) is 10.6. The molecule has 1 amide bonds. The predicted molar refractivity (Wildman–Crippen MR) is 159 cm³/mol. The zero-order chi connectivity index (χ0) is 28.1. The van der Waals surface area contributed by atoms with Crippen LogP contribution in [0.2, 0.25) is 0 Å². The van der Waals surface area contributed by atoms with E-state index in [1.54, 1.807) is 23.5 Å². The quantitative estimate of drug-likeness (QED) is 0.198. The van der Waals surface area contributed by atoms with Crippen LogP contribution in [0, 0.1) is 18.8 Å². The highest BCUT2D eigenvalue weighted by molar-refractivity contribution is 7.21. The van der Waals surface area contributed by atoms with E-state index in [1.165, 1.54) is 12.8 Å². The lowest BCUT2D eigenvalue weighted by Crippen LogP contribution is -2.37. The van der Waals surface area contributed by atoms with E-state index in [0.717, 1.165) is 51.6 Å². The third kappa shape index (κ3) is 5.37. The van der Waals surface area contributed by atoms with Gasteiger partial charge in [-0.15, -0.1) is 11.3 Å². The van der Waals surface area contributed by atoms with Crippen LogP contribution in [0.1, 0.15) is 49.4 Å². The Bertz CT molecular complexity index is 1590. The first kappa shape index (κ1) is 26.2. The average molecular weight is 572 g/mol. The number of pyridine rings is 1. The van der Waals surface area contributed by atoms with Gasteiger partial charge in [-0.2, -0.15) is 4.98 Å². The molecule has 4 atom stereocenters. The second-order valence-electron chi connectivity index (χ2n) is 11.4. The van der Waals surface area contributed by atoms with E-state index in [-0.39, 0.29) is 12.3 Å². The van der Waals surface area contributed by atoms with Crippen molar-refractivity contribution in [3.63, 3.8) is 0 Å². The number of nitrogens with zero attached hydrogens (tertiary/aromatic N) is 4. The lowest BCUT2D eigenvalue weighted by Gasteiger charge is -2.21. The fraction of sp³-hybridized carbons (Fsp3) is 0.433.